The predicted molar refractivity (Wildman–Crippen MR) is 184 cm³/mol. The lowest BCUT2D eigenvalue weighted by Gasteiger charge is -2.30. The molecule has 1 unspecified atom stereocenters. The third-order valence-electron chi connectivity index (χ3n) is 7.83. The molecule has 1 saturated heterocycles. The molecule has 254 valence electrons. The molecule has 1 aliphatic rings. The molecule has 0 aliphatic carbocycles. The van der Waals surface area contributed by atoms with Gasteiger partial charge in [0, 0.05) is 12.1 Å². The summed E-state index contributed by atoms with van der Waals surface area (Å²) in [6.45, 7) is 1.88. The Morgan fingerprint density at radius 2 is 1.41 bits per heavy atom. The van der Waals surface area contributed by atoms with Crippen LogP contribution in [0.2, 0.25) is 0 Å². The lowest BCUT2D eigenvalue weighted by atomic mass is 10.1. The molecule has 3 amide bonds. The Balaban J connectivity index is 1.35. The summed E-state index contributed by atoms with van der Waals surface area (Å²) in [5.41, 5.74) is 7.23. The summed E-state index contributed by atoms with van der Waals surface area (Å²) in [7, 11) is -4.34. The SMILES string of the molecule is C[C@H](NC(=O)[C@@H]1CCCN1C(=O)OCc1ccccc1)C(=O)NC(c1ccc(C(=N)N)cc1)P(=O)(Oc1ccccc1)Oc1ccccc1. The number of carbonyl (C=O) groups excluding carboxylic acids is 3. The number of nitrogens with two attached hydrogens (primary N) is 1. The Kier molecular flexibility index (Phi) is 11.3. The van der Waals surface area contributed by atoms with Gasteiger partial charge in [0.25, 0.3) is 0 Å². The summed E-state index contributed by atoms with van der Waals surface area (Å²) in [5, 5.41) is 13.2. The van der Waals surface area contributed by atoms with E-state index in [-0.39, 0.29) is 23.9 Å². The third-order valence-corrected chi connectivity index (χ3v) is 9.82. The van der Waals surface area contributed by atoms with Crippen molar-refractivity contribution in [1.82, 2.24) is 15.5 Å². The first-order valence-electron chi connectivity index (χ1n) is 15.7. The van der Waals surface area contributed by atoms with E-state index in [1.807, 2.05) is 30.3 Å². The van der Waals surface area contributed by atoms with Gasteiger partial charge >= 0.3 is 13.7 Å². The molecular formula is C36H38N5O7P. The van der Waals surface area contributed by atoms with Gasteiger partial charge in [0.05, 0.1) is 0 Å². The van der Waals surface area contributed by atoms with Crippen LogP contribution in [0.1, 0.15) is 42.2 Å². The van der Waals surface area contributed by atoms with Crippen LogP contribution in [0.5, 0.6) is 11.5 Å². The zero-order chi connectivity index (χ0) is 34.8. The highest BCUT2D eigenvalue weighted by atomic mass is 31.2. The molecule has 5 rings (SSSR count). The number of amides is 3. The summed E-state index contributed by atoms with van der Waals surface area (Å²) in [4.78, 5) is 41.4. The fourth-order valence-electron chi connectivity index (χ4n) is 5.27. The second-order valence-electron chi connectivity index (χ2n) is 11.4. The van der Waals surface area contributed by atoms with Crippen molar-refractivity contribution in [3.8, 4) is 11.5 Å². The minimum absolute atomic E-state index is 0.0638. The smallest absolute Gasteiger partial charge is 0.445 e. The molecule has 4 aromatic carbocycles. The molecule has 1 heterocycles. The van der Waals surface area contributed by atoms with Crippen LogP contribution >= 0.6 is 7.60 Å². The van der Waals surface area contributed by atoms with Gasteiger partial charge in [-0.05, 0) is 55.2 Å². The number of hydrogen-bond donors (Lipinski definition) is 4. The standard InChI is InChI=1S/C36H38N5O7P/c1-25(39-34(43)31-18-11-23-41(31)36(44)46-24-26-12-5-2-6-13-26)33(42)40-35(28-21-19-27(20-22-28)32(37)38)49(45,47-29-14-7-3-8-15-29)48-30-16-9-4-10-17-30/h2-10,12-17,19-22,25,31,35H,11,18,23-24H2,1H3,(H3,37,38)(H,39,43)(H,40,42)/t25-,31-,35?/m0/s1. The maximum Gasteiger partial charge on any atom is 0.457 e. The van der Waals surface area contributed by atoms with Crippen molar-refractivity contribution in [2.24, 2.45) is 5.73 Å². The van der Waals surface area contributed by atoms with Crippen LogP contribution in [0.15, 0.2) is 115 Å². The van der Waals surface area contributed by atoms with E-state index in [0.717, 1.165) is 5.56 Å². The highest BCUT2D eigenvalue weighted by molar-refractivity contribution is 7.55. The Hall–Kier alpha value is -5.61. The normalized spacial score (nSPS) is 15.4. The van der Waals surface area contributed by atoms with Crippen molar-refractivity contribution in [3.63, 3.8) is 0 Å². The first kappa shape index (κ1) is 34.7. The van der Waals surface area contributed by atoms with E-state index in [9.17, 15) is 18.9 Å². The monoisotopic (exact) mass is 683 g/mol. The van der Waals surface area contributed by atoms with Crippen LogP contribution in [0.25, 0.3) is 0 Å². The Labute approximate surface area is 284 Å². The molecule has 1 aliphatic heterocycles. The van der Waals surface area contributed by atoms with E-state index in [0.29, 0.717) is 30.5 Å². The number of carbonyl (C=O) groups is 3. The van der Waals surface area contributed by atoms with E-state index in [1.54, 1.807) is 84.9 Å². The van der Waals surface area contributed by atoms with Crippen molar-refractivity contribution >= 4 is 31.3 Å². The average molecular weight is 684 g/mol. The minimum Gasteiger partial charge on any atom is -0.445 e. The number of nitrogens with zero attached hydrogens (tertiary/aromatic N) is 1. The van der Waals surface area contributed by atoms with Crippen LogP contribution in [0.4, 0.5) is 4.79 Å². The van der Waals surface area contributed by atoms with E-state index >= 15 is 0 Å². The fourth-order valence-corrected chi connectivity index (χ4v) is 7.17. The summed E-state index contributed by atoms with van der Waals surface area (Å²) < 4.78 is 32.4. The molecule has 0 bridgehead atoms. The second-order valence-corrected chi connectivity index (χ2v) is 13.4. The number of rotatable bonds is 13. The molecule has 1 fully saturated rings. The Morgan fingerprint density at radius 3 is 1.96 bits per heavy atom. The summed E-state index contributed by atoms with van der Waals surface area (Å²) >= 11 is 0. The van der Waals surface area contributed by atoms with E-state index in [1.165, 1.54) is 11.8 Å². The molecule has 4 aromatic rings. The van der Waals surface area contributed by atoms with Gasteiger partial charge < -0.3 is 30.2 Å². The average Bonchev–Trinajstić information content (AvgIpc) is 3.61. The van der Waals surface area contributed by atoms with Gasteiger partial charge in [-0.25, -0.2) is 9.36 Å². The number of nitrogen functional groups attached to an aromatic ring is 1. The Bertz CT molecular complexity index is 1750. The zero-order valence-corrected chi connectivity index (χ0v) is 27.8. The first-order valence-corrected chi connectivity index (χ1v) is 17.4. The number of para-hydroxylation sites is 2. The molecule has 0 radical (unpaired) electrons. The van der Waals surface area contributed by atoms with Gasteiger partial charge in [0.15, 0.2) is 5.78 Å². The second kappa shape index (κ2) is 16.0. The van der Waals surface area contributed by atoms with Crippen LogP contribution in [-0.2, 0) is 25.5 Å². The van der Waals surface area contributed by atoms with E-state index in [2.05, 4.69) is 10.6 Å². The van der Waals surface area contributed by atoms with E-state index < -0.39 is 43.4 Å². The molecule has 12 nitrogen and oxygen atoms in total. The van der Waals surface area contributed by atoms with Crippen LogP contribution in [0, 0.1) is 5.41 Å². The Morgan fingerprint density at radius 1 is 0.857 bits per heavy atom. The van der Waals surface area contributed by atoms with Gasteiger partial charge in [-0.3, -0.25) is 19.9 Å². The predicted octanol–water partition coefficient (Wildman–Crippen LogP) is 5.74. The fraction of sp³-hybridized carbons (Fsp3) is 0.222. The number of amidine groups is 1. The van der Waals surface area contributed by atoms with Gasteiger partial charge in [0.2, 0.25) is 11.8 Å². The number of benzene rings is 4. The zero-order valence-electron chi connectivity index (χ0n) is 26.9. The van der Waals surface area contributed by atoms with E-state index in [4.69, 9.17) is 24.9 Å². The molecule has 0 spiro atoms. The summed E-state index contributed by atoms with van der Waals surface area (Å²) in [6.07, 6.45) is 0.370. The van der Waals surface area contributed by atoms with Crippen molar-refractivity contribution in [1.29, 1.82) is 5.41 Å². The highest BCUT2D eigenvalue weighted by Gasteiger charge is 2.43. The van der Waals surface area contributed by atoms with Crippen molar-refractivity contribution in [2.45, 2.75) is 44.2 Å². The van der Waals surface area contributed by atoms with Gasteiger partial charge in [-0.1, -0.05) is 91.0 Å². The molecule has 0 saturated carbocycles. The van der Waals surface area contributed by atoms with Crippen LogP contribution in [-0.4, -0.2) is 47.3 Å². The number of ether oxygens (including phenoxy) is 1. The first-order chi connectivity index (χ1) is 23.6. The molecular weight excluding hydrogens is 645 g/mol. The molecule has 0 aromatic heterocycles. The lowest BCUT2D eigenvalue weighted by Crippen LogP contribution is -2.52. The minimum atomic E-state index is -4.34. The van der Waals surface area contributed by atoms with Crippen molar-refractivity contribution in [2.75, 3.05) is 6.54 Å². The molecule has 49 heavy (non-hydrogen) atoms. The van der Waals surface area contributed by atoms with Gasteiger partial charge in [-0.15, -0.1) is 0 Å². The molecule has 5 N–H and O–H groups in total. The topological polar surface area (TPSA) is 173 Å². The van der Waals surface area contributed by atoms with Crippen LogP contribution < -0.4 is 25.4 Å². The number of likely N-dealkylation sites (tertiary alicyclic amines) is 1. The number of nitrogens with one attached hydrogen (secondary N) is 3. The van der Waals surface area contributed by atoms with Gasteiger partial charge in [-0.2, -0.15) is 0 Å². The lowest BCUT2D eigenvalue weighted by molar-refractivity contribution is -0.131. The summed E-state index contributed by atoms with van der Waals surface area (Å²) in [5.74, 6) is -2.26. The maximum atomic E-state index is 14.9. The largest absolute Gasteiger partial charge is 0.457 e. The molecule has 13 heteroatoms. The van der Waals surface area contributed by atoms with Crippen molar-refractivity contribution < 1.29 is 32.7 Å². The quantitative estimate of drug-likeness (QED) is 0.0784. The summed E-state index contributed by atoms with van der Waals surface area (Å²) in [6, 6.07) is 30.3. The number of hydrogen-bond acceptors (Lipinski definition) is 8. The molecule has 3 atom stereocenters. The maximum absolute atomic E-state index is 14.9. The highest BCUT2D eigenvalue weighted by Crippen LogP contribution is 2.59. The van der Waals surface area contributed by atoms with Crippen molar-refractivity contribution in [3.05, 3.63) is 132 Å². The van der Waals surface area contributed by atoms with Gasteiger partial charge in [0.1, 0.15) is 36.0 Å². The van der Waals surface area contributed by atoms with Crippen LogP contribution in [0.3, 0.4) is 0 Å². The third kappa shape index (κ3) is 9.05.